The number of hydrogen-bond acceptors (Lipinski definition) is 4. The number of aromatic nitrogens is 1. The standard InChI is InChI=1S/C12H11ClN2O3/c13-12-14-9-7-8(1-2-10(9)18-12)11(16)15-3-5-17-6-4-15/h1-2,7H,3-6H2. The van der Waals surface area contributed by atoms with Gasteiger partial charge in [-0.2, -0.15) is 4.98 Å². The van der Waals surface area contributed by atoms with Crippen LogP contribution in [0, 0.1) is 0 Å². The molecule has 1 aromatic heterocycles. The molecule has 1 fully saturated rings. The molecule has 3 rings (SSSR count). The molecule has 94 valence electrons. The van der Waals surface area contributed by atoms with E-state index < -0.39 is 0 Å². The second-order valence-electron chi connectivity index (χ2n) is 4.05. The van der Waals surface area contributed by atoms with E-state index in [2.05, 4.69) is 4.98 Å². The van der Waals surface area contributed by atoms with E-state index in [1.807, 2.05) is 0 Å². The van der Waals surface area contributed by atoms with Gasteiger partial charge >= 0.3 is 0 Å². The van der Waals surface area contributed by atoms with E-state index in [0.29, 0.717) is 43.0 Å². The van der Waals surface area contributed by atoms with E-state index in [9.17, 15) is 4.79 Å². The highest BCUT2D eigenvalue weighted by Crippen LogP contribution is 2.20. The van der Waals surface area contributed by atoms with Gasteiger partial charge in [-0.15, -0.1) is 0 Å². The van der Waals surface area contributed by atoms with Crippen LogP contribution in [0.2, 0.25) is 5.35 Å². The van der Waals surface area contributed by atoms with Gasteiger partial charge in [0.25, 0.3) is 11.3 Å². The lowest BCUT2D eigenvalue weighted by molar-refractivity contribution is 0.0303. The summed E-state index contributed by atoms with van der Waals surface area (Å²) in [5.41, 5.74) is 1.77. The Kier molecular flexibility index (Phi) is 2.93. The molecule has 0 atom stereocenters. The Labute approximate surface area is 108 Å². The van der Waals surface area contributed by atoms with Crippen LogP contribution in [0.3, 0.4) is 0 Å². The van der Waals surface area contributed by atoms with Crippen LogP contribution in [0.25, 0.3) is 11.1 Å². The molecule has 5 nitrogen and oxygen atoms in total. The van der Waals surface area contributed by atoms with E-state index in [-0.39, 0.29) is 11.3 Å². The van der Waals surface area contributed by atoms with Gasteiger partial charge < -0.3 is 14.1 Å². The maximum absolute atomic E-state index is 12.2. The van der Waals surface area contributed by atoms with E-state index in [1.54, 1.807) is 23.1 Å². The summed E-state index contributed by atoms with van der Waals surface area (Å²) < 4.78 is 10.4. The highest BCUT2D eigenvalue weighted by atomic mass is 35.5. The van der Waals surface area contributed by atoms with Gasteiger partial charge in [0, 0.05) is 18.7 Å². The number of oxazole rings is 1. The second kappa shape index (κ2) is 4.59. The van der Waals surface area contributed by atoms with Crippen LogP contribution in [-0.2, 0) is 4.74 Å². The number of carbonyl (C=O) groups excluding carboxylic acids is 1. The predicted octanol–water partition coefficient (Wildman–Crippen LogP) is 1.95. The Hall–Kier alpha value is -1.59. The Bertz CT molecular complexity index is 590. The molecule has 1 saturated heterocycles. The van der Waals surface area contributed by atoms with Crippen molar-refractivity contribution in [3.8, 4) is 0 Å². The van der Waals surface area contributed by atoms with E-state index in [0.717, 1.165) is 0 Å². The van der Waals surface area contributed by atoms with Gasteiger partial charge in [0.15, 0.2) is 5.58 Å². The number of halogens is 1. The van der Waals surface area contributed by atoms with E-state index in [1.165, 1.54) is 0 Å². The van der Waals surface area contributed by atoms with Crippen LogP contribution in [0.15, 0.2) is 22.6 Å². The predicted molar refractivity (Wildman–Crippen MR) is 65.7 cm³/mol. The van der Waals surface area contributed by atoms with Crippen LogP contribution < -0.4 is 0 Å². The number of fused-ring (bicyclic) bond motifs is 1. The lowest BCUT2D eigenvalue weighted by Crippen LogP contribution is -2.40. The van der Waals surface area contributed by atoms with Gasteiger partial charge in [0.05, 0.1) is 13.2 Å². The monoisotopic (exact) mass is 266 g/mol. The van der Waals surface area contributed by atoms with Crippen molar-refractivity contribution in [2.75, 3.05) is 26.3 Å². The first-order chi connectivity index (χ1) is 8.74. The molecule has 1 aliphatic heterocycles. The maximum atomic E-state index is 12.2. The molecule has 0 bridgehead atoms. The minimum absolute atomic E-state index is 0.0145. The van der Waals surface area contributed by atoms with Crippen LogP contribution in [0.5, 0.6) is 0 Å². The lowest BCUT2D eigenvalue weighted by Gasteiger charge is -2.26. The molecule has 0 spiro atoms. The number of carbonyl (C=O) groups is 1. The van der Waals surface area contributed by atoms with Crippen LogP contribution in [0.4, 0.5) is 0 Å². The Morgan fingerprint density at radius 1 is 1.33 bits per heavy atom. The number of rotatable bonds is 1. The summed E-state index contributed by atoms with van der Waals surface area (Å²) >= 11 is 5.67. The first kappa shape index (κ1) is 11.5. The van der Waals surface area contributed by atoms with Crippen molar-refractivity contribution < 1.29 is 13.9 Å². The Morgan fingerprint density at radius 2 is 2.11 bits per heavy atom. The molecule has 2 heterocycles. The van der Waals surface area contributed by atoms with E-state index in [4.69, 9.17) is 20.8 Å². The fourth-order valence-electron chi connectivity index (χ4n) is 1.98. The normalized spacial score (nSPS) is 16.2. The third-order valence-electron chi connectivity index (χ3n) is 2.91. The molecule has 0 radical (unpaired) electrons. The van der Waals surface area contributed by atoms with Gasteiger partial charge in [-0.1, -0.05) is 0 Å². The summed E-state index contributed by atoms with van der Waals surface area (Å²) in [6, 6.07) is 5.13. The quantitative estimate of drug-likeness (QED) is 0.792. The fraction of sp³-hybridized carbons (Fsp3) is 0.333. The molecule has 1 aromatic carbocycles. The minimum Gasteiger partial charge on any atom is -0.428 e. The smallest absolute Gasteiger partial charge is 0.293 e. The molecule has 1 amide bonds. The fourth-order valence-corrected chi connectivity index (χ4v) is 2.16. The first-order valence-electron chi connectivity index (χ1n) is 5.67. The first-order valence-corrected chi connectivity index (χ1v) is 6.05. The molecule has 2 aromatic rings. The highest BCUT2D eigenvalue weighted by molar-refractivity contribution is 6.28. The third-order valence-corrected chi connectivity index (χ3v) is 3.07. The number of ether oxygens (including phenoxy) is 1. The largest absolute Gasteiger partial charge is 0.428 e. The number of nitrogens with zero attached hydrogens (tertiary/aromatic N) is 2. The molecule has 6 heteroatoms. The van der Waals surface area contributed by atoms with Gasteiger partial charge in [-0.05, 0) is 29.8 Å². The second-order valence-corrected chi connectivity index (χ2v) is 4.38. The van der Waals surface area contributed by atoms with Gasteiger partial charge in [-0.3, -0.25) is 4.79 Å². The molecule has 0 unspecified atom stereocenters. The van der Waals surface area contributed by atoms with Gasteiger partial charge in [-0.25, -0.2) is 0 Å². The average Bonchev–Trinajstić information content (AvgIpc) is 2.78. The Morgan fingerprint density at radius 3 is 2.89 bits per heavy atom. The topological polar surface area (TPSA) is 55.6 Å². The molecular weight excluding hydrogens is 256 g/mol. The molecule has 0 saturated carbocycles. The van der Waals surface area contributed by atoms with Crippen molar-refractivity contribution in [1.82, 2.24) is 9.88 Å². The number of hydrogen-bond donors (Lipinski definition) is 0. The van der Waals surface area contributed by atoms with Crippen molar-refractivity contribution in [2.24, 2.45) is 0 Å². The number of amides is 1. The van der Waals surface area contributed by atoms with Crippen molar-refractivity contribution in [1.29, 1.82) is 0 Å². The summed E-state index contributed by atoms with van der Waals surface area (Å²) in [7, 11) is 0. The summed E-state index contributed by atoms with van der Waals surface area (Å²) in [4.78, 5) is 18.0. The van der Waals surface area contributed by atoms with Crippen molar-refractivity contribution in [3.63, 3.8) is 0 Å². The minimum atomic E-state index is -0.0145. The molecule has 1 aliphatic rings. The summed E-state index contributed by atoms with van der Waals surface area (Å²) in [6.45, 7) is 2.42. The van der Waals surface area contributed by atoms with Crippen molar-refractivity contribution >= 4 is 28.6 Å². The van der Waals surface area contributed by atoms with Crippen LogP contribution in [-0.4, -0.2) is 42.1 Å². The molecule has 18 heavy (non-hydrogen) atoms. The molecule has 0 N–H and O–H groups in total. The third kappa shape index (κ3) is 2.07. The van der Waals surface area contributed by atoms with Crippen molar-refractivity contribution in [3.05, 3.63) is 29.1 Å². The van der Waals surface area contributed by atoms with Crippen molar-refractivity contribution in [2.45, 2.75) is 0 Å². The highest BCUT2D eigenvalue weighted by Gasteiger charge is 2.19. The lowest BCUT2D eigenvalue weighted by atomic mass is 10.1. The molecular formula is C12H11ClN2O3. The van der Waals surface area contributed by atoms with Crippen LogP contribution in [0.1, 0.15) is 10.4 Å². The van der Waals surface area contributed by atoms with Gasteiger partial charge in [0.1, 0.15) is 5.52 Å². The maximum Gasteiger partial charge on any atom is 0.293 e. The van der Waals surface area contributed by atoms with E-state index >= 15 is 0 Å². The number of benzene rings is 1. The average molecular weight is 267 g/mol. The molecule has 0 aliphatic carbocycles. The summed E-state index contributed by atoms with van der Waals surface area (Å²) in [5, 5.41) is 0.0842. The Balaban J connectivity index is 1.90. The number of morpholine rings is 1. The zero-order chi connectivity index (χ0) is 12.5. The van der Waals surface area contributed by atoms with Gasteiger partial charge in [0.2, 0.25) is 0 Å². The SMILES string of the molecule is O=C(c1ccc2oc(Cl)nc2c1)N1CCOCC1. The zero-order valence-electron chi connectivity index (χ0n) is 9.56. The zero-order valence-corrected chi connectivity index (χ0v) is 10.3. The van der Waals surface area contributed by atoms with Crippen LogP contribution >= 0.6 is 11.6 Å². The summed E-state index contributed by atoms with van der Waals surface area (Å²) in [5.74, 6) is -0.0145. The summed E-state index contributed by atoms with van der Waals surface area (Å²) in [6.07, 6.45) is 0.